The van der Waals surface area contributed by atoms with E-state index in [4.69, 9.17) is 16.6 Å². The van der Waals surface area contributed by atoms with Gasteiger partial charge in [-0.3, -0.25) is 4.79 Å². The molecule has 1 saturated heterocycles. The van der Waals surface area contributed by atoms with Gasteiger partial charge in [0.1, 0.15) is 23.2 Å². The molecule has 4 aromatic rings. The van der Waals surface area contributed by atoms with E-state index in [1.54, 1.807) is 17.2 Å². The third kappa shape index (κ3) is 4.38. The van der Waals surface area contributed by atoms with Crippen molar-refractivity contribution in [2.75, 3.05) is 24.5 Å². The number of fused-ring (bicyclic) bond motifs is 1. The van der Waals surface area contributed by atoms with E-state index in [0.717, 1.165) is 18.4 Å². The van der Waals surface area contributed by atoms with E-state index < -0.39 is 11.5 Å². The molecule has 1 N–H and O–H groups in total. The number of anilines is 1. The number of hydrogen-bond acceptors (Lipinski definition) is 7. The second kappa shape index (κ2) is 10.0. The van der Waals surface area contributed by atoms with E-state index in [2.05, 4.69) is 16.5 Å². The number of amides is 1. The van der Waals surface area contributed by atoms with Gasteiger partial charge in [0.15, 0.2) is 5.65 Å². The minimum atomic E-state index is -0.704. The maximum absolute atomic E-state index is 15.0. The quantitative estimate of drug-likeness (QED) is 0.360. The molecule has 1 aliphatic heterocycles. The highest BCUT2D eigenvalue weighted by Gasteiger charge is 2.32. The summed E-state index contributed by atoms with van der Waals surface area (Å²) in [6.07, 6.45) is 4.85. The van der Waals surface area contributed by atoms with Gasteiger partial charge in [-0.25, -0.2) is 23.7 Å². The number of piperazine rings is 1. The Kier molecular flexibility index (Phi) is 6.50. The van der Waals surface area contributed by atoms with Crippen LogP contribution in [0, 0.1) is 5.82 Å². The number of aromatic nitrogens is 4. The highest BCUT2D eigenvalue weighted by Crippen LogP contribution is 2.43. The number of benzene rings is 1. The molecular weight excluding hydrogens is 535 g/mol. The molecule has 1 atom stereocenters. The van der Waals surface area contributed by atoms with Crippen molar-refractivity contribution in [3.63, 3.8) is 0 Å². The molecular formula is C29H26ClFN6O3. The number of carbonyl (C=O) groups excluding carboxylic acids is 1. The summed E-state index contributed by atoms with van der Waals surface area (Å²) in [7, 11) is 0. The fourth-order valence-corrected chi connectivity index (χ4v) is 5.59. The lowest BCUT2D eigenvalue weighted by molar-refractivity contribution is -0.126. The van der Waals surface area contributed by atoms with Gasteiger partial charge in [0, 0.05) is 31.9 Å². The van der Waals surface area contributed by atoms with Crippen molar-refractivity contribution in [3.05, 3.63) is 82.1 Å². The summed E-state index contributed by atoms with van der Waals surface area (Å²) in [5, 5.41) is 11.1. The highest BCUT2D eigenvalue weighted by atomic mass is 35.5. The number of halogens is 2. The van der Waals surface area contributed by atoms with Crippen LogP contribution in [0.5, 0.6) is 5.75 Å². The molecule has 1 amide bonds. The maximum Gasteiger partial charge on any atom is 0.357 e. The molecule has 0 spiro atoms. The lowest BCUT2D eigenvalue weighted by Crippen LogP contribution is -2.54. The van der Waals surface area contributed by atoms with E-state index in [0.29, 0.717) is 36.7 Å². The van der Waals surface area contributed by atoms with E-state index >= 15 is 0 Å². The zero-order valence-electron chi connectivity index (χ0n) is 21.7. The molecule has 11 heteroatoms. The Bertz CT molecular complexity index is 1720. The summed E-state index contributed by atoms with van der Waals surface area (Å²) in [5.74, 6) is -0.163. The molecule has 0 bridgehead atoms. The van der Waals surface area contributed by atoms with E-state index in [9.17, 15) is 19.1 Å². The van der Waals surface area contributed by atoms with Crippen LogP contribution in [0.4, 0.5) is 10.2 Å². The Morgan fingerprint density at radius 1 is 1.18 bits per heavy atom. The van der Waals surface area contributed by atoms with Crippen LogP contribution in [0.1, 0.15) is 31.2 Å². The van der Waals surface area contributed by atoms with Crippen LogP contribution in [0.3, 0.4) is 0 Å². The van der Waals surface area contributed by atoms with Gasteiger partial charge in [0.25, 0.3) is 0 Å². The molecule has 1 aliphatic carbocycles. The first kappa shape index (κ1) is 25.9. The molecule has 40 heavy (non-hydrogen) atoms. The Morgan fingerprint density at radius 2 is 1.98 bits per heavy atom. The van der Waals surface area contributed by atoms with Crippen molar-refractivity contribution in [1.29, 1.82) is 0 Å². The molecule has 9 nitrogen and oxygen atoms in total. The minimum absolute atomic E-state index is 0.00610. The molecule has 4 heterocycles. The lowest BCUT2D eigenvalue weighted by atomic mass is 10.1. The minimum Gasteiger partial charge on any atom is -0.507 e. The van der Waals surface area contributed by atoms with Crippen LogP contribution >= 0.6 is 11.6 Å². The third-order valence-corrected chi connectivity index (χ3v) is 7.75. The largest absolute Gasteiger partial charge is 0.507 e. The average Bonchev–Trinajstić information content (AvgIpc) is 3.78. The smallest absolute Gasteiger partial charge is 0.357 e. The lowest BCUT2D eigenvalue weighted by Gasteiger charge is -2.40. The van der Waals surface area contributed by atoms with E-state index in [-0.39, 0.29) is 45.5 Å². The number of phenolic OH excluding ortho intramolecular Hbond substituents is 1. The Balaban J connectivity index is 1.61. The summed E-state index contributed by atoms with van der Waals surface area (Å²) in [5.41, 5.74) is 0.318. The summed E-state index contributed by atoms with van der Waals surface area (Å²) < 4.78 is 16.3. The molecule has 1 saturated carbocycles. The predicted molar refractivity (Wildman–Crippen MR) is 151 cm³/mol. The molecule has 0 radical (unpaired) electrons. The summed E-state index contributed by atoms with van der Waals surface area (Å²) in [6.45, 7) is 6.74. The zero-order chi connectivity index (χ0) is 28.1. The van der Waals surface area contributed by atoms with Crippen LogP contribution in [0.15, 0.2) is 60.0 Å². The van der Waals surface area contributed by atoms with Gasteiger partial charge < -0.3 is 14.9 Å². The van der Waals surface area contributed by atoms with Gasteiger partial charge in [0.05, 0.1) is 21.7 Å². The van der Waals surface area contributed by atoms with Gasteiger partial charge in [-0.05, 0) is 61.6 Å². The number of pyridine rings is 2. The van der Waals surface area contributed by atoms with Gasteiger partial charge >= 0.3 is 5.69 Å². The number of nitrogens with zero attached hydrogens (tertiary/aromatic N) is 6. The fraction of sp³-hybridized carbons (Fsp3) is 0.276. The van der Waals surface area contributed by atoms with Crippen LogP contribution in [-0.4, -0.2) is 61.1 Å². The summed E-state index contributed by atoms with van der Waals surface area (Å²) in [6, 6.07) is 9.11. The van der Waals surface area contributed by atoms with Crippen molar-refractivity contribution in [3.8, 4) is 22.8 Å². The maximum atomic E-state index is 15.0. The standard InChI is InChI=1S/C29H26ClFN6O3/c1-3-23(39)35-12-13-36(16(2)15-35)27-19-14-20(30)25(24-21(31)7-4-8-22(24)38)33-28(19)37(29(40)34-27)26-18(17-9-10-17)6-5-11-32-26/h3-8,11,14,16-17,38H,1,9-10,12-13,15H2,2H3/t16-/m0/s1. The molecule has 0 unspecified atom stereocenters. The summed E-state index contributed by atoms with van der Waals surface area (Å²) >= 11 is 6.69. The predicted octanol–water partition coefficient (Wildman–Crippen LogP) is 4.44. The third-order valence-electron chi connectivity index (χ3n) is 7.46. The summed E-state index contributed by atoms with van der Waals surface area (Å²) in [4.78, 5) is 43.4. The van der Waals surface area contributed by atoms with Crippen LogP contribution in [-0.2, 0) is 4.79 Å². The van der Waals surface area contributed by atoms with Crippen LogP contribution in [0.2, 0.25) is 5.02 Å². The molecule has 6 rings (SSSR count). The Labute approximate surface area is 234 Å². The Morgan fingerprint density at radius 3 is 2.67 bits per heavy atom. The van der Waals surface area contributed by atoms with Crippen molar-refractivity contribution < 1.29 is 14.3 Å². The normalized spacial score (nSPS) is 17.3. The van der Waals surface area contributed by atoms with Crippen molar-refractivity contribution in [2.24, 2.45) is 0 Å². The molecule has 2 aliphatic rings. The molecule has 204 valence electrons. The SMILES string of the molecule is C=CC(=O)N1CCN(c2nc(=O)n(-c3ncccc3C3CC3)c3nc(-c4c(O)cccc4F)c(Cl)cc23)[C@@H](C)C1. The zero-order valence-corrected chi connectivity index (χ0v) is 22.5. The number of phenols is 1. The number of carbonyl (C=O) groups is 1. The van der Waals surface area contributed by atoms with E-state index in [1.165, 1.54) is 28.8 Å². The van der Waals surface area contributed by atoms with Gasteiger partial charge in [0.2, 0.25) is 5.91 Å². The second-order valence-electron chi connectivity index (χ2n) is 10.1. The van der Waals surface area contributed by atoms with Gasteiger partial charge in [-0.15, -0.1) is 0 Å². The molecule has 2 fully saturated rings. The second-order valence-corrected chi connectivity index (χ2v) is 10.5. The topological polar surface area (TPSA) is 104 Å². The van der Waals surface area contributed by atoms with Crippen molar-refractivity contribution >= 4 is 34.4 Å². The number of aromatic hydroxyl groups is 1. The number of hydrogen-bond donors (Lipinski definition) is 1. The average molecular weight is 561 g/mol. The number of rotatable bonds is 5. The van der Waals surface area contributed by atoms with Crippen molar-refractivity contribution in [2.45, 2.75) is 31.7 Å². The highest BCUT2D eigenvalue weighted by molar-refractivity contribution is 6.34. The first-order chi connectivity index (χ1) is 19.3. The first-order valence-corrected chi connectivity index (χ1v) is 13.4. The van der Waals surface area contributed by atoms with Crippen LogP contribution in [0.25, 0.3) is 28.1 Å². The van der Waals surface area contributed by atoms with Crippen molar-refractivity contribution in [1.82, 2.24) is 24.4 Å². The molecule has 3 aromatic heterocycles. The molecule has 1 aromatic carbocycles. The Hall–Kier alpha value is -4.31. The first-order valence-electron chi connectivity index (χ1n) is 13.0. The fourth-order valence-electron chi connectivity index (χ4n) is 5.35. The monoisotopic (exact) mass is 560 g/mol. The van der Waals surface area contributed by atoms with Crippen LogP contribution < -0.4 is 10.6 Å². The van der Waals surface area contributed by atoms with Gasteiger partial charge in [-0.2, -0.15) is 4.98 Å². The van der Waals surface area contributed by atoms with Gasteiger partial charge in [-0.1, -0.05) is 30.3 Å². The van der Waals surface area contributed by atoms with E-state index in [1.807, 2.05) is 24.0 Å².